The van der Waals surface area contributed by atoms with Gasteiger partial charge in [-0.3, -0.25) is 14.9 Å². The van der Waals surface area contributed by atoms with Gasteiger partial charge in [-0.1, -0.05) is 11.3 Å². The second-order valence-electron chi connectivity index (χ2n) is 6.70. The standard InChI is InChI=1S/C17H22N6O3/c1-11(18)13-6-8-21(9-7-13)17(24)16-12(2)22(20-19-16)14-4-3-5-15(10-14)23(25)26/h3-5,10-11,13H,6-9,18H2,1-2H3. The molecule has 1 aromatic heterocycles. The number of benzene rings is 1. The van der Waals surface area contributed by atoms with Gasteiger partial charge < -0.3 is 10.6 Å². The van der Waals surface area contributed by atoms with Crippen LogP contribution in [0.4, 0.5) is 5.69 Å². The molecule has 1 fully saturated rings. The maximum Gasteiger partial charge on any atom is 0.276 e. The van der Waals surface area contributed by atoms with Crippen molar-refractivity contribution in [1.82, 2.24) is 19.9 Å². The second kappa shape index (κ2) is 7.20. The highest BCUT2D eigenvalue weighted by Crippen LogP contribution is 2.23. The van der Waals surface area contributed by atoms with E-state index in [1.807, 2.05) is 6.92 Å². The van der Waals surface area contributed by atoms with Gasteiger partial charge in [0.2, 0.25) is 0 Å². The van der Waals surface area contributed by atoms with E-state index < -0.39 is 4.92 Å². The van der Waals surface area contributed by atoms with E-state index in [1.165, 1.54) is 16.8 Å². The average molecular weight is 358 g/mol. The molecular weight excluding hydrogens is 336 g/mol. The van der Waals surface area contributed by atoms with Gasteiger partial charge in [0, 0.05) is 31.3 Å². The minimum absolute atomic E-state index is 0.0387. The molecule has 138 valence electrons. The smallest absolute Gasteiger partial charge is 0.276 e. The first-order valence-corrected chi connectivity index (χ1v) is 8.60. The van der Waals surface area contributed by atoms with Gasteiger partial charge >= 0.3 is 0 Å². The second-order valence-corrected chi connectivity index (χ2v) is 6.70. The van der Waals surface area contributed by atoms with E-state index in [-0.39, 0.29) is 23.3 Å². The van der Waals surface area contributed by atoms with Crippen LogP contribution in [0.1, 0.15) is 35.9 Å². The first kappa shape index (κ1) is 18.0. The van der Waals surface area contributed by atoms with Crippen molar-refractivity contribution < 1.29 is 9.72 Å². The van der Waals surface area contributed by atoms with Crippen LogP contribution in [0.5, 0.6) is 0 Å². The maximum atomic E-state index is 12.8. The molecule has 9 heteroatoms. The van der Waals surface area contributed by atoms with Crippen molar-refractivity contribution in [3.63, 3.8) is 0 Å². The number of nitro benzene ring substituents is 1. The topological polar surface area (TPSA) is 120 Å². The minimum atomic E-state index is -0.468. The molecular formula is C17H22N6O3. The molecule has 1 atom stereocenters. The molecule has 0 aliphatic carbocycles. The third-order valence-electron chi connectivity index (χ3n) is 4.95. The summed E-state index contributed by atoms with van der Waals surface area (Å²) in [7, 11) is 0. The SMILES string of the molecule is Cc1c(C(=O)N2CCC(C(C)N)CC2)nnn1-c1cccc([N+](=O)[O-])c1. The largest absolute Gasteiger partial charge is 0.337 e. The average Bonchev–Trinajstić information content (AvgIpc) is 3.02. The molecule has 1 saturated heterocycles. The van der Waals surface area contributed by atoms with Crippen LogP contribution in [0, 0.1) is 23.0 Å². The van der Waals surface area contributed by atoms with Crippen LogP contribution in [0.2, 0.25) is 0 Å². The molecule has 9 nitrogen and oxygen atoms in total. The van der Waals surface area contributed by atoms with Crippen LogP contribution in [0.25, 0.3) is 5.69 Å². The number of nitrogens with two attached hydrogens (primary N) is 1. The fourth-order valence-electron chi connectivity index (χ4n) is 3.29. The molecule has 26 heavy (non-hydrogen) atoms. The summed E-state index contributed by atoms with van der Waals surface area (Å²) in [5.74, 6) is 0.267. The quantitative estimate of drug-likeness (QED) is 0.656. The van der Waals surface area contributed by atoms with Crippen molar-refractivity contribution in [3.05, 3.63) is 45.8 Å². The van der Waals surface area contributed by atoms with Crippen LogP contribution in [0.15, 0.2) is 24.3 Å². The predicted octanol–water partition coefficient (Wildman–Crippen LogP) is 1.68. The molecule has 1 amide bonds. The molecule has 2 heterocycles. The minimum Gasteiger partial charge on any atom is -0.337 e. The predicted molar refractivity (Wildman–Crippen MR) is 95.0 cm³/mol. The number of rotatable bonds is 4. The zero-order valence-corrected chi connectivity index (χ0v) is 14.8. The number of nitrogens with zero attached hydrogens (tertiary/aromatic N) is 5. The Bertz CT molecular complexity index is 824. The van der Waals surface area contributed by atoms with E-state index in [1.54, 1.807) is 24.0 Å². The lowest BCUT2D eigenvalue weighted by Gasteiger charge is -2.33. The third-order valence-corrected chi connectivity index (χ3v) is 4.95. The number of piperidine rings is 1. The van der Waals surface area contributed by atoms with Crippen molar-refractivity contribution in [3.8, 4) is 5.69 Å². The van der Waals surface area contributed by atoms with Gasteiger partial charge in [-0.2, -0.15) is 0 Å². The van der Waals surface area contributed by atoms with E-state index in [9.17, 15) is 14.9 Å². The zero-order chi connectivity index (χ0) is 18.8. The zero-order valence-electron chi connectivity index (χ0n) is 14.8. The number of likely N-dealkylation sites (tertiary alicyclic amines) is 1. The van der Waals surface area contributed by atoms with Crippen LogP contribution in [-0.2, 0) is 0 Å². The summed E-state index contributed by atoms with van der Waals surface area (Å²) in [5.41, 5.74) is 7.24. The molecule has 0 bridgehead atoms. The van der Waals surface area contributed by atoms with Gasteiger partial charge in [-0.05, 0) is 38.7 Å². The van der Waals surface area contributed by atoms with Crippen molar-refractivity contribution in [1.29, 1.82) is 0 Å². The van der Waals surface area contributed by atoms with Gasteiger partial charge in [0.1, 0.15) is 0 Å². The molecule has 0 radical (unpaired) electrons. The highest BCUT2D eigenvalue weighted by atomic mass is 16.6. The number of aromatic nitrogens is 3. The molecule has 1 aromatic carbocycles. The lowest BCUT2D eigenvalue weighted by molar-refractivity contribution is -0.384. The number of carbonyl (C=O) groups is 1. The summed E-state index contributed by atoms with van der Waals surface area (Å²) in [5, 5.41) is 19.0. The normalized spacial score (nSPS) is 16.5. The van der Waals surface area contributed by atoms with Gasteiger partial charge in [-0.15, -0.1) is 5.10 Å². The first-order valence-electron chi connectivity index (χ1n) is 8.60. The van der Waals surface area contributed by atoms with Crippen molar-refractivity contribution >= 4 is 11.6 Å². The Morgan fingerprint density at radius 1 is 1.38 bits per heavy atom. The summed E-state index contributed by atoms with van der Waals surface area (Å²) >= 11 is 0. The van der Waals surface area contributed by atoms with Crippen LogP contribution in [0.3, 0.4) is 0 Å². The Hall–Kier alpha value is -2.81. The number of nitro groups is 1. The molecule has 0 spiro atoms. The molecule has 1 unspecified atom stereocenters. The van der Waals surface area contributed by atoms with E-state index >= 15 is 0 Å². The third kappa shape index (κ3) is 3.43. The monoisotopic (exact) mass is 358 g/mol. The van der Waals surface area contributed by atoms with Gasteiger partial charge in [0.15, 0.2) is 5.69 Å². The molecule has 3 rings (SSSR count). The van der Waals surface area contributed by atoms with Crippen LogP contribution >= 0.6 is 0 Å². The Labute approximate surface area is 150 Å². The highest BCUT2D eigenvalue weighted by molar-refractivity contribution is 5.93. The summed E-state index contributed by atoms with van der Waals surface area (Å²) in [4.78, 5) is 25.0. The lowest BCUT2D eigenvalue weighted by atomic mass is 9.91. The van der Waals surface area contributed by atoms with Gasteiger partial charge in [-0.25, -0.2) is 4.68 Å². The van der Waals surface area contributed by atoms with Crippen molar-refractivity contribution in [2.45, 2.75) is 32.7 Å². The van der Waals surface area contributed by atoms with Crippen LogP contribution < -0.4 is 5.73 Å². The molecule has 2 N–H and O–H groups in total. The Morgan fingerprint density at radius 3 is 2.69 bits per heavy atom. The van der Waals surface area contributed by atoms with E-state index in [0.29, 0.717) is 30.4 Å². The molecule has 0 saturated carbocycles. The Morgan fingerprint density at radius 2 is 2.08 bits per heavy atom. The van der Waals surface area contributed by atoms with Crippen LogP contribution in [-0.4, -0.2) is 49.9 Å². The maximum absolute atomic E-state index is 12.8. The summed E-state index contributed by atoms with van der Waals surface area (Å²) in [6.45, 7) is 5.03. The van der Waals surface area contributed by atoms with E-state index in [0.717, 1.165) is 12.8 Å². The Kier molecular flexibility index (Phi) is 4.99. The number of amides is 1. The lowest BCUT2D eigenvalue weighted by Crippen LogP contribution is -2.42. The van der Waals surface area contributed by atoms with E-state index in [2.05, 4.69) is 10.3 Å². The summed E-state index contributed by atoms with van der Waals surface area (Å²) in [6, 6.07) is 6.21. The van der Waals surface area contributed by atoms with Gasteiger partial charge in [0.25, 0.3) is 11.6 Å². The van der Waals surface area contributed by atoms with Gasteiger partial charge in [0.05, 0.1) is 16.3 Å². The fourth-order valence-corrected chi connectivity index (χ4v) is 3.29. The number of carbonyl (C=O) groups excluding carboxylic acids is 1. The summed E-state index contributed by atoms with van der Waals surface area (Å²) in [6.07, 6.45) is 1.75. The first-order chi connectivity index (χ1) is 12.4. The Balaban J connectivity index is 1.80. The molecule has 2 aromatic rings. The van der Waals surface area contributed by atoms with Crippen molar-refractivity contribution in [2.24, 2.45) is 11.7 Å². The number of hydrogen-bond acceptors (Lipinski definition) is 6. The number of hydrogen-bond donors (Lipinski definition) is 1. The fraction of sp³-hybridized carbons (Fsp3) is 0.471. The molecule has 1 aliphatic rings. The highest BCUT2D eigenvalue weighted by Gasteiger charge is 2.28. The number of non-ortho nitro benzene ring substituents is 1. The van der Waals surface area contributed by atoms with E-state index in [4.69, 9.17) is 5.73 Å². The summed E-state index contributed by atoms with van der Waals surface area (Å²) < 4.78 is 1.45. The molecule has 1 aliphatic heterocycles. The van der Waals surface area contributed by atoms with Crippen molar-refractivity contribution in [2.75, 3.05) is 13.1 Å².